The number of nitrogens with one attached hydrogen (secondary N) is 1. The normalized spacial score (nSPS) is 19.8. The number of aromatic amines is 1. The quantitative estimate of drug-likeness (QED) is 0.657. The van der Waals surface area contributed by atoms with Crippen molar-refractivity contribution in [2.24, 2.45) is 5.92 Å². The van der Waals surface area contributed by atoms with Crippen molar-refractivity contribution in [1.29, 1.82) is 0 Å². The van der Waals surface area contributed by atoms with Gasteiger partial charge in [0.15, 0.2) is 5.69 Å². The summed E-state index contributed by atoms with van der Waals surface area (Å²) in [7, 11) is 0. The Morgan fingerprint density at radius 1 is 1.27 bits per heavy atom. The fourth-order valence-corrected chi connectivity index (χ4v) is 3.88. The smallest absolute Gasteiger partial charge is 0.437 e. The average Bonchev–Trinajstić information content (AvgIpc) is 3.20. The molecule has 0 radical (unpaired) electrons. The highest BCUT2D eigenvalue weighted by Gasteiger charge is 2.37. The van der Waals surface area contributed by atoms with E-state index in [1.807, 2.05) is 31.3 Å². The summed E-state index contributed by atoms with van der Waals surface area (Å²) < 4.78 is 44.8. The van der Waals surface area contributed by atoms with Crippen LogP contribution in [0.2, 0.25) is 0 Å². The zero-order valence-corrected chi connectivity index (χ0v) is 16.4. The summed E-state index contributed by atoms with van der Waals surface area (Å²) in [5.41, 5.74) is 0.452. The summed E-state index contributed by atoms with van der Waals surface area (Å²) >= 11 is 0. The maximum Gasteiger partial charge on any atom is 0.437 e. The molecule has 2 atom stereocenters. The largest absolute Gasteiger partial charge is 0.491 e. The van der Waals surface area contributed by atoms with E-state index in [0.29, 0.717) is 12.1 Å². The van der Waals surface area contributed by atoms with Crippen LogP contribution < -0.4 is 4.74 Å². The Morgan fingerprint density at radius 2 is 2.10 bits per heavy atom. The number of hydrogen-bond donors (Lipinski definition) is 1. The van der Waals surface area contributed by atoms with Crippen molar-refractivity contribution < 1.29 is 22.7 Å². The third kappa shape index (κ3) is 4.13. The second-order valence-electron chi connectivity index (χ2n) is 7.69. The maximum atomic E-state index is 13.1. The number of pyridine rings is 1. The highest BCUT2D eigenvalue weighted by molar-refractivity contribution is 5.98. The lowest BCUT2D eigenvalue weighted by molar-refractivity contribution is -0.142. The topological polar surface area (TPSA) is 58.2 Å². The lowest BCUT2D eigenvalue weighted by atomic mass is 9.93. The van der Waals surface area contributed by atoms with Gasteiger partial charge in [-0.3, -0.25) is 4.79 Å². The maximum absolute atomic E-state index is 13.1. The number of aromatic nitrogens is 2. The van der Waals surface area contributed by atoms with E-state index in [1.54, 1.807) is 11.0 Å². The van der Waals surface area contributed by atoms with E-state index in [2.05, 4.69) is 9.97 Å². The predicted octanol–water partition coefficient (Wildman–Crippen LogP) is 4.90. The van der Waals surface area contributed by atoms with E-state index < -0.39 is 11.9 Å². The van der Waals surface area contributed by atoms with Gasteiger partial charge in [0.25, 0.3) is 5.91 Å². The molecule has 1 fully saturated rings. The lowest BCUT2D eigenvalue weighted by Gasteiger charge is -2.38. The first kappa shape index (κ1) is 20.3. The molecule has 1 saturated heterocycles. The molecule has 0 aliphatic carbocycles. The molecule has 0 saturated carbocycles. The number of halogens is 3. The lowest BCUT2D eigenvalue weighted by Crippen LogP contribution is -2.46. The highest BCUT2D eigenvalue weighted by atomic mass is 19.4. The molecule has 1 aliphatic heterocycles. The second-order valence-corrected chi connectivity index (χ2v) is 7.69. The number of piperidine rings is 1. The van der Waals surface area contributed by atoms with Gasteiger partial charge in [-0.05, 0) is 55.5 Å². The Morgan fingerprint density at radius 3 is 2.90 bits per heavy atom. The molecule has 3 heterocycles. The first-order chi connectivity index (χ1) is 14.3. The molecule has 2 unspecified atom stereocenters. The molecule has 0 bridgehead atoms. The van der Waals surface area contributed by atoms with Gasteiger partial charge in [0.1, 0.15) is 5.75 Å². The summed E-state index contributed by atoms with van der Waals surface area (Å²) in [5.74, 6) is -0.416. The minimum absolute atomic E-state index is 0.0530. The Bertz CT molecular complexity index is 1050. The van der Waals surface area contributed by atoms with Gasteiger partial charge in [-0.2, -0.15) is 13.2 Å². The summed E-state index contributed by atoms with van der Waals surface area (Å²) in [6.45, 7) is 2.52. The van der Waals surface area contributed by atoms with Gasteiger partial charge in [0, 0.05) is 42.0 Å². The number of carbonyl (C=O) groups is 1. The van der Waals surface area contributed by atoms with Crippen LogP contribution in [0.1, 0.15) is 35.8 Å². The van der Waals surface area contributed by atoms with E-state index in [4.69, 9.17) is 4.74 Å². The summed E-state index contributed by atoms with van der Waals surface area (Å²) in [4.78, 5) is 21.4. The predicted molar refractivity (Wildman–Crippen MR) is 106 cm³/mol. The van der Waals surface area contributed by atoms with Crippen LogP contribution in [0.15, 0.2) is 48.8 Å². The fraction of sp³-hybridized carbons (Fsp3) is 0.364. The summed E-state index contributed by atoms with van der Waals surface area (Å²) in [6.07, 6.45) is -0.106. The fourth-order valence-electron chi connectivity index (χ4n) is 3.88. The van der Waals surface area contributed by atoms with Gasteiger partial charge in [-0.1, -0.05) is 6.07 Å². The van der Waals surface area contributed by atoms with Crippen molar-refractivity contribution in [3.05, 3.63) is 60.0 Å². The summed E-state index contributed by atoms with van der Waals surface area (Å²) in [6, 6.07) is 10.2. The molecule has 30 heavy (non-hydrogen) atoms. The Kier molecular flexibility index (Phi) is 5.40. The van der Waals surface area contributed by atoms with Crippen molar-refractivity contribution in [1.82, 2.24) is 14.9 Å². The number of alkyl halides is 3. The van der Waals surface area contributed by atoms with Crippen molar-refractivity contribution in [3.63, 3.8) is 0 Å². The minimum Gasteiger partial charge on any atom is -0.491 e. The Hall–Kier alpha value is -3.03. The van der Waals surface area contributed by atoms with E-state index >= 15 is 0 Å². The molecule has 158 valence electrons. The molecule has 1 N–H and O–H groups in total. The highest BCUT2D eigenvalue weighted by Crippen LogP contribution is 2.34. The molecule has 2 aromatic heterocycles. The summed E-state index contributed by atoms with van der Waals surface area (Å²) in [5, 5.41) is 1.03. The van der Waals surface area contributed by atoms with Crippen molar-refractivity contribution in [2.75, 3.05) is 13.2 Å². The van der Waals surface area contributed by atoms with Crippen LogP contribution in [0.25, 0.3) is 10.9 Å². The number of benzene rings is 1. The van der Waals surface area contributed by atoms with E-state index in [1.165, 1.54) is 12.1 Å². The molecule has 0 spiro atoms. The SMILES string of the molecule is CC1CCC(COc2cccnc2C(F)(F)F)CN1C(=O)c1ccc2cc[nH]c2c1. The van der Waals surface area contributed by atoms with Gasteiger partial charge < -0.3 is 14.6 Å². The number of amides is 1. The standard InChI is InChI=1S/C22H22F3N3O2/c1-14-4-5-15(13-30-19-3-2-9-27-20(19)22(23,24)25)12-28(14)21(29)17-7-6-16-8-10-26-18(16)11-17/h2-3,6-11,14-15,26H,4-5,12-13H2,1H3. The van der Waals surface area contributed by atoms with Gasteiger partial charge in [-0.15, -0.1) is 0 Å². The molecular formula is C22H22F3N3O2. The third-order valence-corrected chi connectivity index (χ3v) is 5.56. The van der Waals surface area contributed by atoms with Crippen molar-refractivity contribution >= 4 is 16.8 Å². The molecule has 8 heteroatoms. The zero-order chi connectivity index (χ0) is 21.3. The average molecular weight is 417 g/mol. The zero-order valence-electron chi connectivity index (χ0n) is 16.4. The molecule has 5 nitrogen and oxygen atoms in total. The van der Waals surface area contributed by atoms with Crippen molar-refractivity contribution in [3.8, 4) is 5.75 Å². The van der Waals surface area contributed by atoms with Crippen LogP contribution in [0.5, 0.6) is 5.75 Å². The van der Waals surface area contributed by atoms with Gasteiger partial charge in [0.05, 0.1) is 6.61 Å². The molecule has 1 amide bonds. The number of nitrogens with zero attached hydrogens (tertiary/aromatic N) is 2. The number of rotatable bonds is 4. The number of likely N-dealkylation sites (tertiary alicyclic amines) is 1. The van der Waals surface area contributed by atoms with Gasteiger partial charge in [0.2, 0.25) is 0 Å². The minimum atomic E-state index is -4.57. The monoisotopic (exact) mass is 417 g/mol. The Balaban J connectivity index is 1.45. The van der Waals surface area contributed by atoms with Crippen LogP contribution in [0, 0.1) is 5.92 Å². The van der Waals surface area contributed by atoms with Crippen LogP contribution in [0.4, 0.5) is 13.2 Å². The van der Waals surface area contributed by atoms with E-state index in [-0.39, 0.29) is 30.2 Å². The molecule has 1 aliphatic rings. The van der Waals surface area contributed by atoms with Crippen molar-refractivity contribution in [2.45, 2.75) is 32.0 Å². The number of fused-ring (bicyclic) bond motifs is 1. The number of H-pyrrole nitrogens is 1. The molecular weight excluding hydrogens is 395 g/mol. The van der Waals surface area contributed by atoms with Crippen LogP contribution >= 0.6 is 0 Å². The van der Waals surface area contributed by atoms with E-state index in [0.717, 1.165) is 29.9 Å². The molecule has 4 rings (SSSR count). The number of carbonyl (C=O) groups excluding carboxylic acids is 1. The third-order valence-electron chi connectivity index (χ3n) is 5.56. The van der Waals surface area contributed by atoms with Crippen LogP contribution in [-0.2, 0) is 6.18 Å². The van der Waals surface area contributed by atoms with Gasteiger partial charge in [-0.25, -0.2) is 4.98 Å². The molecule has 1 aromatic carbocycles. The van der Waals surface area contributed by atoms with Gasteiger partial charge >= 0.3 is 6.18 Å². The van der Waals surface area contributed by atoms with E-state index in [9.17, 15) is 18.0 Å². The Labute approximate surface area is 171 Å². The molecule has 3 aromatic rings. The second kappa shape index (κ2) is 8.01. The number of hydrogen-bond acceptors (Lipinski definition) is 3. The number of ether oxygens (including phenoxy) is 1. The first-order valence-corrected chi connectivity index (χ1v) is 9.86. The van der Waals surface area contributed by atoms with Crippen LogP contribution in [-0.4, -0.2) is 40.0 Å². The first-order valence-electron chi connectivity index (χ1n) is 9.86. The van der Waals surface area contributed by atoms with Crippen LogP contribution in [0.3, 0.4) is 0 Å².